The van der Waals surface area contributed by atoms with Crippen LogP contribution in [-0.4, -0.2) is 29.0 Å². The maximum atomic E-state index is 13.8. The van der Waals surface area contributed by atoms with E-state index in [-0.39, 0.29) is 26.6 Å². The molecule has 0 aliphatic heterocycles. The predicted molar refractivity (Wildman–Crippen MR) is 97.6 cm³/mol. The molecule has 0 amide bonds. The molecule has 1 aromatic carbocycles. The van der Waals surface area contributed by atoms with E-state index in [1.165, 1.54) is 18.2 Å². The molecule has 0 saturated heterocycles. The van der Waals surface area contributed by atoms with Crippen molar-refractivity contribution in [3.63, 3.8) is 0 Å². The van der Waals surface area contributed by atoms with Gasteiger partial charge in [0.1, 0.15) is 17.6 Å². The summed E-state index contributed by atoms with van der Waals surface area (Å²) in [5, 5.41) is 2.84. The number of aryl methyl sites for hydroxylation is 1. The van der Waals surface area contributed by atoms with Crippen LogP contribution in [0.15, 0.2) is 34.9 Å². The molecule has 2 heterocycles. The molecule has 0 atom stereocenters. The Morgan fingerprint density at radius 3 is 2.24 bits per heavy atom. The van der Waals surface area contributed by atoms with Gasteiger partial charge in [0.15, 0.2) is 5.69 Å². The maximum Gasteiger partial charge on any atom is 0.459 e. The first-order valence-corrected chi connectivity index (χ1v) is 9.03. The van der Waals surface area contributed by atoms with Crippen molar-refractivity contribution in [2.75, 3.05) is 7.11 Å². The second-order valence-electron chi connectivity index (χ2n) is 6.65. The number of alkyl halides is 8. The van der Waals surface area contributed by atoms with Gasteiger partial charge >= 0.3 is 24.2 Å². The van der Waals surface area contributed by atoms with E-state index in [9.17, 15) is 39.9 Å². The van der Waals surface area contributed by atoms with Crippen molar-refractivity contribution in [2.24, 2.45) is 7.05 Å². The summed E-state index contributed by atoms with van der Waals surface area (Å²) in [5.41, 5.74) is -6.25. The minimum Gasteiger partial charge on any atom is -0.465 e. The Labute approximate surface area is 184 Å². The van der Waals surface area contributed by atoms with Gasteiger partial charge < -0.3 is 9.15 Å². The number of hydrogen-bond acceptors (Lipinski definition) is 4. The van der Waals surface area contributed by atoms with Gasteiger partial charge in [0.05, 0.1) is 23.4 Å². The van der Waals surface area contributed by atoms with Gasteiger partial charge in [-0.1, -0.05) is 11.6 Å². The molecule has 0 aliphatic rings. The lowest BCUT2D eigenvalue weighted by Crippen LogP contribution is -2.36. The molecule has 178 valence electrons. The maximum absolute atomic E-state index is 13.8. The monoisotopic (exact) mass is 502 g/mol. The fourth-order valence-electron chi connectivity index (χ4n) is 3.03. The Balaban J connectivity index is 2.18. The first kappa shape index (κ1) is 24.6. The van der Waals surface area contributed by atoms with E-state index in [1.807, 2.05) is 0 Å². The number of furan rings is 1. The highest BCUT2D eigenvalue weighted by atomic mass is 35.5. The molecule has 3 aromatic rings. The van der Waals surface area contributed by atoms with Crippen LogP contribution in [0.3, 0.4) is 0 Å². The van der Waals surface area contributed by atoms with Crippen LogP contribution < -0.4 is 0 Å². The molecular weight excluding hydrogens is 492 g/mol. The molecule has 0 saturated carbocycles. The van der Waals surface area contributed by atoms with Gasteiger partial charge in [-0.15, -0.1) is 0 Å². The third kappa shape index (κ3) is 4.28. The summed E-state index contributed by atoms with van der Waals surface area (Å²) in [6.45, 7) is 0. The summed E-state index contributed by atoms with van der Waals surface area (Å²) in [6.07, 6.45) is -11.2. The quantitative estimate of drug-likeness (QED) is 0.303. The van der Waals surface area contributed by atoms with Gasteiger partial charge in [0, 0.05) is 18.2 Å². The average Bonchev–Trinajstić information content (AvgIpc) is 3.31. The summed E-state index contributed by atoms with van der Waals surface area (Å²) >= 11 is 5.90. The van der Waals surface area contributed by atoms with E-state index >= 15 is 0 Å². The molecule has 0 spiro atoms. The van der Waals surface area contributed by atoms with Gasteiger partial charge in [0.25, 0.3) is 0 Å². The number of nitrogens with zero attached hydrogens (tertiary/aromatic N) is 2. The average molecular weight is 503 g/mol. The third-order valence-electron chi connectivity index (χ3n) is 4.51. The Hall–Kier alpha value is -3.09. The van der Waals surface area contributed by atoms with Crippen LogP contribution in [0.2, 0.25) is 5.02 Å². The first-order valence-electron chi connectivity index (χ1n) is 8.66. The molecule has 0 bridgehead atoms. The molecular formula is C19H11ClF8N2O3. The van der Waals surface area contributed by atoms with Gasteiger partial charge in [-0.3, -0.25) is 4.68 Å². The fourth-order valence-corrected chi connectivity index (χ4v) is 3.23. The van der Waals surface area contributed by atoms with Crippen LogP contribution in [0.25, 0.3) is 22.6 Å². The van der Waals surface area contributed by atoms with Crippen molar-refractivity contribution in [3.8, 4) is 22.6 Å². The first-order chi connectivity index (χ1) is 15.1. The molecule has 5 nitrogen and oxygen atoms in total. The van der Waals surface area contributed by atoms with Gasteiger partial charge in [-0.25, -0.2) is 4.79 Å². The smallest absolute Gasteiger partial charge is 0.459 e. The van der Waals surface area contributed by atoms with E-state index in [1.54, 1.807) is 0 Å². The van der Waals surface area contributed by atoms with Crippen molar-refractivity contribution < 1.29 is 49.1 Å². The van der Waals surface area contributed by atoms with E-state index in [4.69, 9.17) is 16.0 Å². The zero-order chi connectivity index (χ0) is 24.9. The number of carbonyl (C=O) groups is 1. The highest BCUT2D eigenvalue weighted by molar-refractivity contribution is 6.33. The Morgan fingerprint density at radius 1 is 1.06 bits per heavy atom. The normalized spacial score (nSPS) is 12.8. The largest absolute Gasteiger partial charge is 0.465 e. The molecule has 0 fully saturated rings. The molecule has 3 rings (SSSR count). The molecule has 0 radical (unpaired) electrons. The van der Waals surface area contributed by atoms with E-state index < -0.39 is 46.8 Å². The second kappa shape index (κ2) is 8.04. The van der Waals surface area contributed by atoms with E-state index in [2.05, 4.69) is 9.84 Å². The van der Waals surface area contributed by atoms with Crippen molar-refractivity contribution in [2.45, 2.75) is 18.3 Å². The summed E-state index contributed by atoms with van der Waals surface area (Å²) in [4.78, 5) is 11.8. The number of halogens is 9. The van der Waals surface area contributed by atoms with Gasteiger partial charge in [0.2, 0.25) is 0 Å². The number of carbonyl (C=O) groups excluding carboxylic acids is 1. The Morgan fingerprint density at radius 2 is 1.70 bits per heavy atom. The highest BCUT2D eigenvalue weighted by Crippen LogP contribution is 2.50. The minimum absolute atomic E-state index is 0.00222. The topological polar surface area (TPSA) is 57.3 Å². The van der Waals surface area contributed by atoms with Gasteiger partial charge in [-0.05, 0) is 24.3 Å². The minimum atomic E-state index is -6.31. The SMILES string of the molecule is COC(=O)c1cc(-c2cc(-c3c(C(F)(F)F)c(C(F)(F)C(F)(F)F)nn3C)co2)ccc1Cl. The number of benzene rings is 1. The summed E-state index contributed by atoms with van der Waals surface area (Å²) in [6, 6.07) is 4.78. The van der Waals surface area contributed by atoms with Crippen LogP contribution in [0.1, 0.15) is 21.6 Å². The number of aromatic nitrogens is 2. The molecule has 0 aliphatic carbocycles. The lowest BCUT2D eigenvalue weighted by Gasteiger charge is -2.19. The molecule has 0 N–H and O–H groups in total. The fraction of sp³-hybridized carbons (Fsp3) is 0.263. The summed E-state index contributed by atoms with van der Waals surface area (Å²) < 4.78 is 117. The summed E-state index contributed by atoms with van der Waals surface area (Å²) in [7, 11) is 1.87. The molecule has 0 unspecified atom stereocenters. The van der Waals surface area contributed by atoms with Crippen LogP contribution in [0, 0.1) is 0 Å². The van der Waals surface area contributed by atoms with E-state index in [0.717, 1.165) is 26.5 Å². The molecule has 33 heavy (non-hydrogen) atoms. The zero-order valence-electron chi connectivity index (χ0n) is 16.4. The number of rotatable bonds is 4. The summed E-state index contributed by atoms with van der Waals surface area (Å²) in [5.74, 6) is -6.82. The zero-order valence-corrected chi connectivity index (χ0v) is 17.2. The number of methoxy groups -OCH3 is 1. The predicted octanol–water partition coefficient (Wildman–Crippen LogP) is 6.46. The standard InChI is InChI=1S/C19H11ClF8N2O3/c1-30-14(13(18(23,24)25)15(29-30)17(21,22)19(26,27)28)9-6-12(33-7-9)8-3-4-11(20)10(5-8)16(31)32-2/h3-7H,1-2H3. The molecule has 2 aromatic heterocycles. The van der Waals surface area contributed by atoms with Crippen LogP contribution in [0.5, 0.6) is 0 Å². The van der Waals surface area contributed by atoms with Crippen molar-refractivity contribution >= 4 is 17.6 Å². The second-order valence-corrected chi connectivity index (χ2v) is 7.06. The van der Waals surface area contributed by atoms with Crippen molar-refractivity contribution in [1.82, 2.24) is 9.78 Å². The van der Waals surface area contributed by atoms with Crippen LogP contribution in [0.4, 0.5) is 35.1 Å². The van der Waals surface area contributed by atoms with Crippen LogP contribution >= 0.6 is 11.6 Å². The van der Waals surface area contributed by atoms with E-state index in [0.29, 0.717) is 0 Å². The number of ether oxygens (including phenoxy) is 1. The number of hydrogen-bond donors (Lipinski definition) is 0. The van der Waals surface area contributed by atoms with Crippen LogP contribution in [-0.2, 0) is 23.9 Å². The lowest BCUT2D eigenvalue weighted by atomic mass is 10.0. The van der Waals surface area contributed by atoms with Gasteiger partial charge in [-0.2, -0.15) is 40.2 Å². The highest BCUT2D eigenvalue weighted by Gasteiger charge is 2.64. The number of esters is 1. The third-order valence-corrected chi connectivity index (χ3v) is 4.84. The lowest BCUT2D eigenvalue weighted by molar-refractivity contribution is -0.292. The van der Waals surface area contributed by atoms with Crippen molar-refractivity contribution in [3.05, 3.63) is 52.4 Å². The Bertz CT molecular complexity index is 1210. The Kier molecular flexibility index (Phi) is 5.98. The molecule has 14 heteroatoms. The van der Waals surface area contributed by atoms with Crippen molar-refractivity contribution in [1.29, 1.82) is 0 Å².